The minimum absolute atomic E-state index is 0.193. The van der Waals surface area contributed by atoms with E-state index in [-0.39, 0.29) is 36.7 Å². The smallest absolute Gasteiger partial charge is 0.327 e. The average Bonchev–Trinajstić information content (AvgIpc) is 2.80. The molecule has 4 bridgehead atoms. The maximum atomic E-state index is 13.4. The van der Waals surface area contributed by atoms with Crippen molar-refractivity contribution in [1.82, 2.24) is 20.9 Å². The molecule has 11 heteroatoms. The predicted molar refractivity (Wildman–Crippen MR) is 119 cm³/mol. The summed E-state index contributed by atoms with van der Waals surface area (Å²) in [5.74, 6) is 3.88. The molecule has 4 aliphatic rings. The Bertz CT molecular complexity index is 907. The fraction of sp³-hybridized carbons (Fsp3) is 0.696. The number of carbonyl (C=O) groups excluding carboxylic acids is 4. The minimum atomic E-state index is -1.25. The van der Waals surface area contributed by atoms with Crippen molar-refractivity contribution in [2.45, 2.75) is 51.0 Å². The van der Waals surface area contributed by atoms with Gasteiger partial charge in [0.2, 0.25) is 5.91 Å². The number of hydrogen-bond donors (Lipinski definition) is 4. The van der Waals surface area contributed by atoms with Crippen molar-refractivity contribution < 1.29 is 33.8 Å². The summed E-state index contributed by atoms with van der Waals surface area (Å²) in [7, 11) is 4.11. The number of hydrogen-bond acceptors (Lipinski definition) is 6. The van der Waals surface area contributed by atoms with Crippen LogP contribution in [0.3, 0.4) is 0 Å². The van der Waals surface area contributed by atoms with E-state index in [0.29, 0.717) is 32.1 Å². The zero-order valence-corrected chi connectivity index (χ0v) is 19.7. The number of methoxy groups -OCH3 is 1. The van der Waals surface area contributed by atoms with Crippen LogP contribution in [0.2, 0.25) is 0 Å². The van der Waals surface area contributed by atoms with Gasteiger partial charge in [0.25, 0.3) is 0 Å². The fourth-order valence-electron chi connectivity index (χ4n) is 6.31. The molecule has 3 atom stereocenters. The molecule has 3 unspecified atom stereocenters. The number of nitrogens with one attached hydrogen (secondary N) is 3. The normalized spacial score (nSPS) is 29.1. The summed E-state index contributed by atoms with van der Waals surface area (Å²) in [6.45, 7) is -0.241. The zero-order chi connectivity index (χ0) is 25.1. The molecule has 0 heterocycles. The number of urea groups is 2. The molecule has 4 rings (SSSR count). The summed E-state index contributed by atoms with van der Waals surface area (Å²) in [4.78, 5) is 62.2. The SMILES string of the molecule is CNC(=O)N(CC#CCC(NC(=O)C12CC3CC(C1)CC(C(=O)OC)(C3)C2)C(=O)O)C(=O)NC. The van der Waals surface area contributed by atoms with Crippen LogP contribution in [0.5, 0.6) is 0 Å². The summed E-state index contributed by atoms with van der Waals surface area (Å²) < 4.78 is 5.07. The van der Waals surface area contributed by atoms with Gasteiger partial charge in [0, 0.05) is 20.5 Å². The lowest BCUT2D eigenvalue weighted by Gasteiger charge is -2.59. The Hall–Kier alpha value is -3.29. The maximum Gasteiger partial charge on any atom is 0.327 e. The molecular weight excluding hydrogens is 444 g/mol. The van der Waals surface area contributed by atoms with E-state index >= 15 is 0 Å². The van der Waals surface area contributed by atoms with Gasteiger partial charge >= 0.3 is 24.0 Å². The summed E-state index contributed by atoms with van der Waals surface area (Å²) in [6, 6.07) is -2.56. The Balaban J connectivity index is 1.69. The first-order valence-electron chi connectivity index (χ1n) is 11.4. The number of nitrogens with zero attached hydrogens (tertiary/aromatic N) is 1. The number of carboxylic acids is 1. The van der Waals surface area contributed by atoms with Crippen LogP contribution >= 0.6 is 0 Å². The van der Waals surface area contributed by atoms with E-state index in [2.05, 4.69) is 27.8 Å². The molecule has 34 heavy (non-hydrogen) atoms. The monoisotopic (exact) mass is 476 g/mol. The molecule has 0 spiro atoms. The van der Waals surface area contributed by atoms with Gasteiger partial charge in [0.15, 0.2) is 0 Å². The molecule has 4 N–H and O–H groups in total. The number of carboxylic acid groups (broad SMARTS) is 1. The number of amides is 5. The second-order valence-corrected chi connectivity index (χ2v) is 9.63. The van der Waals surface area contributed by atoms with Gasteiger partial charge in [-0.3, -0.25) is 9.59 Å². The molecule has 186 valence electrons. The first-order valence-corrected chi connectivity index (χ1v) is 11.4. The van der Waals surface area contributed by atoms with E-state index in [4.69, 9.17) is 4.74 Å². The molecule has 0 radical (unpaired) electrons. The molecule has 0 saturated heterocycles. The summed E-state index contributed by atoms with van der Waals surface area (Å²) in [5, 5.41) is 16.9. The van der Waals surface area contributed by atoms with Gasteiger partial charge in [-0.15, -0.1) is 0 Å². The predicted octanol–water partition coefficient (Wildman–Crippen LogP) is 0.690. The molecule has 0 aliphatic heterocycles. The Kier molecular flexibility index (Phi) is 7.38. The molecule has 5 amide bonds. The molecule has 0 aromatic heterocycles. The number of aliphatic carboxylic acids is 1. The summed E-state index contributed by atoms with van der Waals surface area (Å²) in [6.07, 6.45) is 3.87. The highest BCUT2D eigenvalue weighted by Crippen LogP contribution is 2.65. The number of ether oxygens (including phenoxy) is 1. The van der Waals surface area contributed by atoms with E-state index in [1.807, 2.05) is 0 Å². The maximum absolute atomic E-state index is 13.4. The molecule has 11 nitrogen and oxygen atoms in total. The molecule has 4 fully saturated rings. The third-order valence-corrected chi connectivity index (χ3v) is 7.35. The van der Waals surface area contributed by atoms with Crippen LogP contribution in [-0.2, 0) is 19.1 Å². The molecular formula is C23H32N4O7. The topological polar surface area (TPSA) is 154 Å². The van der Waals surface area contributed by atoms with Crippen molar-refractivity contribution in [3.8, 4) is 11.8 Å². The Labute approximate surface area is 198 Å². The Morgan fingerprint density at radius 3 is 2.06 bits per heavy atom. The van der Waals surface area contributed by atoms with Crippen LogP contribution in [0.15, 0.2) is 0 Å². The first kappa shape index (κ1) is 25.3. The van der Waals surface area contributed by atoms with Crippen LogP contribution < -0.4 is 16.0 Å². The van der Waals surface area contributed by atoms with Gasteiger partial charge in [0.05, 0.1) is 24.5 Å². The minimum Gasteiger partial charge on any atom is -0.480 e. The number of carbonyl (C=O) groups is 5. The van der Waals surface area contributed by atoms with Crippen molar-refractivity contribution in [2.24, 2.45) is 22.7 Å². The van der Waals surface area contributed by atoms with E-state index in [9.17, 15) is 29.1 Å². The van der Waals surface area contributed by atoms with Crippen molar-refractivity contribution in [1.29, 1.82) is 0 Å². The highest BCUT2D eigenvalue weighted by Gasteiger charge is 2.63. The molecule has 4 aliphatic carbocycles. The van der Waals surface area contributed by atoms with E-state index in [1.165, 1.54) is 21.2 Å². The van der Waals surface area contributed by atoms with Gasteiger partial charge < -0.3 is 25.8 Å². The highest BCUT2D eigenvalue weighted by molar-refractivity contribution is 5.93. The third-order valence-electron chi connectivity index (χ3n) is 7.35. The highest BCUT2D eigenvalue weighted by atomic mass is 16.5. The number of rotatable bonds is 6. The van der Waals surface area contributed by atoms with E-state index in [0.717, 1.165) is 11.3 Å². The van der Waals surface area contributed by atoms with Gasteiger partial charge in [-0.25, -0.2) is 19.3 Å². The quantitative estimate of drug-likeness (QED) is 0.325. The van der Waals surface area contributed by atoms with Crippen molar-refractivity contribution in [3.05, 3.63) is 0 Å². The van der Waals surface area contributed by atoms with Crippen LogP contribution in [0.1, 0.15) is 44.9 Å². The Morgan fingerprint density at radius 1 is 1.00 bits per heavy atom. The van der Waals surface area contributed by atoms with Gasteiger partial charge in [-0.1, -0.05) is 11.8 Å². The van der Waals surface area contributed by atoms with Crippen molar-refractivity contribution in [2.75, 3.05) is 27.7 Å². The molecule has 0 aromatic rings. The lowest BCUT2D eigenvalue weighted by molar-refractivity contribution is -0.182. The second-order valence-electron chi connectivity index (χ2n) is 9.63. The molecule has 4 saturated carbocycles. The first-order chi connectivity index (χ1) is 16.1. The third kappa shape index (κ3) is 4.81. The van der Waals surface area contributed by atoms with Crippen molar-refractivity contribution in [3.63, 3.8) is 0 Å². The van der Waals surface area contributed by atoms with Gasteiger partial charge in [-0.05, 0) is 50.4 Å². The average molecular weight is 477 g/mol. The van der Waals surface area contributed by atoms with Crippen LogP contribution in [0, 0.1) is 34.5 Å². The van der Waals surface area contributed by atoms with Crippen LogP contribution in [0.4, 0.5) is 9.59 Å². The number of esters is 1. The Morgan fingerprint density at radius 2 is 1.56 bits per heavy atom. The lowest BCUT2D eigenvalue weighted by Crippen LogP contribution is -2.61. The largest absolute Gasteiger partial charge is 0.480 e. The van der Waals surface area contributed by atoms with Crippen LogP contribution in [0.25, 0.3) is 0 Å². The summed E-state index contributed by atoms with van der Waals surface area (Å²) >= 11 is 0. The second kappa shape index (κ2) is 9.91. The van der Waals surface area contributed by atoms with Gasteiger partial charge in [-0.2, -0.15) is 0 Å². The lowest BCUT2D eigenvalue weighted by atomic mass is 9.44. The standard InChI is InChI=1S/C23H32N4O7/c1-24-20(32)27(21(33)25-2)7-5-4-6-16(17(28)29)26-18(30)22-9-14-8-15(10-22)12-23(11-14,13-22)19(31)34-3/h14-16H,6-13H2,1-3H3,(H,24,32)(H,25,33)(H,26,30)(H,28,29). The van der Waals surface area contributed by atoms with Gasteiger partial charge in [0.1, 0.15) is 6.04 Å². The van der Waals surface area contributed by atoms with E-state index < -0.39 is 34.9 Å². The van der Waals surface area contributed by atoms with Crippen molar-refractivity contribution >= 4 is 29.9 Å². The zero-order valence-electron chi connectivity index (χ0n) is 19.7. The fourth-order valence-corrected chi connectivity index (χ4v) is 6.31. The van der Waals surface area contributed by atoms with Crippen LogP contribution in [-0.4, -0.2) is 73.7 Å². The van der Waals surface area contributed by atoms with E-state index in [1.54, 1.807) is 0 Å². The number of imide groups is 1. The molecule has 0 aromatic carbocycles. The summed E-state index contributed by atoms with van der Waals surface area (Å²) in [5.41, 5.74) is -1.45.